The summed E-state index contributed by atoms with van der Waals surface area (Å²) >= 11 is 0. The zero-order chi connectivity index (χ0) is 42.3. The Hall–Kier alpha value is -3.10. The van der Waals surface area contributed by atoms with Crippen molar-refractivity contribution in [3.05, 3.63) is 122 Å². The lowest BCUT2D eigenvalue weighted by atomic mass is 10.1. The van der Waals surface area contributed by atoms with Gasteiger partial charge in [-0.1, -0.05) is 161 Å². The van der Waals surface area contributed by atoms with Gasteiger partial charge >= 0.3 is 13.8 Å². The van der Waals surface area contributed by atoms with E-state index in [-0.39, 0.29) is 38.8 Å². The molecule has 58 heavy (non-hydrogen) atoms. The zero-order valence-electron chi connectivity index (χ0n) is 36.2. The number of allylic oxidation sites excluding steroid dienone is 20. The molecule has 0 heterocycles. The van der Waals surface area contributed by atoms with Gasteiger partial charge in [0.15, 0.2) is 0 Å². The number of phosphoric ester groups is 1. The Morgan fingerprint density at radius 3 is 1.36 bits per heavy atom. The summed E-state index contributed by atoms with van der Waals surface area (Å²) in [6, 6.07) is 0. The molecule has 0 bridgehead atoms. The normalized spacial score (nSPS) is 14.6. The number of unbranched alkanes of at least 4 members (excludes halogenated alkanes) is 7. The van der Waals surface area contributed by atoms with E-state index in [0.29, 0.717) is 6.61 Å². The van der Waals surface area contributed by atoms with Crippen LogP contribution in [0.4, 0.5) is 0 Å². The van der Waals surface area contributed by atoms with Gasteiger partial charge in [-0.05, 0) is 96.3 Å². The van der Waals surface area contributed by atoms with Crippen molar-refractivity contribution in [1.29, 1.82) is 0 Å². The Bertz CT molecular complexity index is 1290. The van der Waals surface area contributed by atoms with E-state index < -0.39 is 13.9 Å². The molecule has 0 aliphatic heterocycles. The Kier molecular flexibility index (Phi) is 42.6. The molecule has 0 aromatic carbocycles. The fourth-order valence-electron chi connectivity index (χ4n) is 5.24. The summed E-state index contributed by atoms with van der Waals surface area (Å²) in [5, 5.41) is 0. The van der Waals surface area contributed by atoms with Crippen LogP contribution in [0, 0.1) is 0 Å². The molecular weight excluding hydrogens is 746 g/mol. The SMILES string of the molecule is CC/C=C\C/C=C\C/C=C\C/C=C\C/C=C\C/C=C\CCCCCCCCC(=O)OC(COCCC/C=C\C/C=C\C/C=C\C/C=C\CC)COP(=O)(O)OCCN. The van der Waals surface area contributed by atoms with Gasteiger partial charge < -0.3 is 20.1 Å². The smallest absolute Gasteiger partial charge is 0.457 e. The van der Waals surface area contributed by atoms with E-state index in [1.807, 2.05) is 0 Å². The van der Waals surface area contributed by atoms with Crippen molar-refractivity contribution in [3.8, 4) is 0 Å². The number of rotatable bonds is 40. The third kappa shape index (κ3) is 44.0. The van der Waals surface area contributed by atoms with Crippen LogP contribution in [-0.2, 0) is 27.9 Å². The van der Waals surface area contributed by atoms with Crippen LogP contribution in [0.15, 0.2) is 122 Å². The van der Waals surface area contributed by atoms with Crippen LogP contribution in [0.2, 0.25) is 0 Å². The van der Waals surface area contributed by atoms with Gasteiger partial charge in [0.2, 0.25) is 0 Å². The van der Waals surface area contributed by atoms with Crippen molar-refractivity contribution < 1.29 is 32.8 Å². The molecule has 328 valence electrons. The van der Waals surface area contributed by atoms with Crippen LogP contribution in [0.25, 0.3) is 0 Å². The predicted molar refractivity (Wildman–Crippen MR) is 247 cm³/mol. The van der Waals surface area contributed by atoms with Gasteiger partial charge in [0.25, 0.3) is 0 Å². The Labute approximate surface area is 354 Å². The quantitative estimate of drug-likeness (QED) is 0.0271. The summed E-state index contributed by atoms with van der Waals surface area (Å²) in [5.41, 5.74) is 5.36. The van der Waals surface area contributed by atoms with E-state index >= 15 is 0 Å². The van der Waals surface area contributed by atoms with E-state index in [9.17, 15) is 14.3 Å². The summed E-state index contributed by atoms with van der Waals surface area (Å²) in [6.07, 6.45) is 62.3. The van der Waals surface area contributed by atoms with Crippen LogP contribution < -0.4 is 5.73 Å². The predicted octanol–water partition coefficient (Wildman–Crippen LogP) is 13.4. The molecule has 0 spiro atoms. The number of phosphoric acid groups is 1. The van der Waals surface area contributed by atoms with Gasteiger partial charge in [0.05, 0.1) is 19.8 Å². The molecule has 0 saturated heterocycles. The fraction of sp³-hybridized carbons (Fsp3) is 0.571. The van der Waals surface area contributed by atoms with Crippen molar-refractivity contribution in [2.75, 3.05) is 33.0 Å². The van der Waals surface area contributed by atoms with Gasteiger partial charge in [-0.2, -0.15) is 0 Å². The average molecular weight is 826 g/mol. The van der Waals surface area contributed by atoms with Gasteiger partial charge in [0.1, 0.15) is 6.10 Å². The van der Waals surface area contributed by atoms with E-state index in [1.165, 1.54) is 12.8 Å². The Morgan fingerprint density at radius 2 is 0.914 bits per heavy atom. The largest absolute Gasteiger partial charge is 0.472 e. The van der Waals surface area contributed by atoms with Crippen LogP contribution in [0.5, 0.6) is 0 Å². The summed E-state index contributed by atoms with van der Waals surface area (Å²) in [7, 11) is -4.31. The van der Waals surface area contributed by atoms with Crippen LogP contribution >= 0.6 is 7.82 Å². The number of hydrogen-bond donors (Lipinski definition) is 2. The molecule has 0 rings (SSSR count). The van der Waals surface area contributed by atoms with Crippen LogP contribution in [0.1, 0.15) is 142 Å². The number of carbonyl (C=O) groups excluding carboxylic acids is 1. The second kappa shape index (κ2) is 45.0. The van der Waals surface area contributed by atoms with E-state index in [4.69, 9.17) is 24.3 Å². The van der Waals surface area contributed by atoms with Crippen LogP contribution in [-0.4, -0.2) is 49.9 Å². The second-order valence-corrected chi connectivity index (χ2v) is 15.2. The monoisotopic (exact) mass is 826 g/mol. The average Bonchev–Trinajstić information content (AvgIpc) is 3.21. The fourth-order valence-corrected chi connectivity index (χ4v) is 6.00. The molecule has 0 saturated carbocycles. The maximum atomic E-state index is 12.6. The first-order valence-corrected chi connectivity index (χ1v) is 23.5. The van der Waals surface area contributed by atoms with Gasteiger partial charge in [0, 0.05) is 19.6 Å². The van der Waals surface area contributed by atoms with Crippen molar-refractivity contribution in [1.82, 2.24) is 0 Å². The zero-order valence-corrected chi connectivity index (χ0v) is 37.1. The first-order chi connectivity index (χ1) is 28.4. The van der Waals surface area contributed by atoms with Crippen molar-refractivity contribution in [3.63, 3.8) is 0 Å². The maximum Gasteiger partial charge on any atom is 0.472 e. The first kappa shape index (κ1) is 54.9. The standard InChI is InChI=1S/C49H80NO7P/c1-3-5-7-9-11-13-15-17-19-20-21-22-23-24-25-26-27-28-29-30-32-34-36-38-40-42-49(51)57-48(47-56-58(52,53)55-45-43-50)46-54-44-41-39-37-35-33-31-18-16-14-12-10-8-6-4-2/h5-8,11-14,17-19,21-22,24-25,27-28,31,35,37,48H,3-4,9-10,15-16,20,23,26,29-30,32-34,36,38-47,50H2,1-2H3,(H,52,53)/b7-5-,8-6-,13-11-,14-12-,19-17-,22-21-,25-24-,28-27-,31-18-,37-35-. The van der Waals surface area contributed by atoms with Crippen LogP contribution in [0.3, 0.4) is 0 Å². The van der Waals surface area contributed by atoms with Gasteiger partial charge in [-0.25, -0.2) is 4.57 Å². The van der Waals surface area contributed by atoms with Crippen molar-refractivity contribution >= 4 is 13.8 Å². The lowest BCUT2D eigenvalue weighted by Gasteiger charge is -2.20. The minimum absolute atomic E-state index is 0.0631. The molecule has 3 N–H and O–H groups in total. The second-order valence-electron chi connectivity index (χ2n) is 13.8. The summed E-state index contributed by atoms with van der Waals surface area (Å²) in [5.74, 6) is -0.370. The molecule has 0 amide bonds. The van der Waals surface area contributed by atoms with E-state index in [0.717, 1.165) is 109 Å². The highest BCUT2D eigenvalue weighted by atomic mass is 31.2. The molecule has 2 atom stereocenters. The number of hydrogen-bond acceptors (Lipinski definition) is 7. The molecule has 9 heteroatoms. The molecule has 0 radical (unpaired) electrons. The molecule has 0 aromatic rings. The molecule has 8 nitrogen and oxygen atoms in total. The third-order valence-corrected chi connectivity index (χ3v) is 9.36. The number of ether oxygens (including phenoxy) is 2. The third-order valence-electron chi connectivity index (χ3n) is 8.37. The number of nitrogens with two attached hydrogens (primary N) is 1. The molecule has 0 fully saturated rings. The lowest BCUT2D eigenvalue weighted by Crippen LogP contribution is -2.28. The van der Waals surface area contributed by atoms with E-state index in [2.05, 4.69) is 135 Å². The lowest BCUT2D eigenvalue weighted by molar-refractivity contribution is -0.154. The summed E-state index contributed by atoms with van der Waals surface area (Å²) < 4.78 is 33.3. The number of carbonyl (C=O) groups is 1. The summed E-state index contributed by atoms with van der Waals surface area (Å²) in [6.45, 7) is 4.47. The first-order valence-electron chi connectivity index (χ1n) is 22.0. The Morgan fingerprint density at radius 1 is 0.517 bits per heavy atom. The minimum Gasteiger partial charge on any atom is -0.457 e. The van der Waals surface area contributed by atoms with Gasteiger partial charge in [-0.15, -0.1) is 0 Å². The molecule has 2 unspecified atom stereocenters. The summed E-state index contributed by atoms with van der Waals surface area (Å²) in [4.78, 5) is 22.5. The van der Waals surface area contributed by atoms with E-state index in [1.54, 1.807) is 0 Å². The van der Waals surface area contributed by atoms with Crippen molar-refractivity contribution in [2.24, 2.45) is 5.73 Å². The topological polar surface area (TPSA) is 117 Å². The molecule has 0 aromatic heterocycles. The highest BCUT2D eigenvalue weighted by Gasteiger charge is 2.25. The molecule has 0 aliphatic carbocycles. The van der Waals surface area contributed by atoms with Gasteiger partial charge in [-0.3, -0.25) is 13.8 Å². The highest BCUT2D eigenvalue weighted by Crippen LogP contribution is 2.43. The molecular formula is C49H80NO7P. The Balaban J connectivity index is 4.14. The minimum atomic E-state index is -4.31. The maximum absolute atomic E-state index is 12.6. The van der Waals surface area contributed by atoms with Crippen molar-refractivity contribution in [2.45, 2.75) is 148 Å². The number of esters is 1. The highest BCUT2D eigenvalue weighted by molar-refractivity contribution is 7.47. The molecule has 0 aliphatic rings.